The number of allylic oxidation sites excluding steroid dienone is 1. The highest BCUT2D eigenvalue weighted by atomic mass is 16.5. The molecule has 0 bridgehead atoms. The molecule has 0 heterocycles. The number of carbonyl (C=O) groups is 1. The average molecular weight is 262 g/mol. The fourth-order valence-electron chi connectivity index (χ4n) is 1.74. The number of aromatic carboxylic acids is 1. The first kappa shape index (κ1) is 15.3. The highest BCUT2D eigenvalue weighted by Gasteiger charge is 2.00. The normalized spacial score (nSPS) is 10.8. The maximum atomic E-state index is 10.7. The molecule has 0 amide bonds. The predicted octanol–water partition coefficient (Wildman–Crippen LogP) is 4.64. The Hall–Kier alpha value is -1.77. The van der Waals surface area contributed by atoms with Crippen molar-refractivity contribution in [3.63, 3.8) is 0 Å². The molecule has 0 spiro atoms. The van der Waals surface area contributed by atoms with E-state index < -0.39 is 5.97 Å². The summed E-state index contributed by atoms with van der Waals surface area (Å²) in [6.07, 6.45) is 11.1. The van der Waals surface area contributed by atoms with Crippen molar-refractivity contribution in [3.05, 3.63) is 42.2 Å². The zero-order valence-corrected chi connectivity index (χ0v) is 11.5. The van der Waals surface area contributed by atoms with E-state index in [1.165, 1.54) is 44.2 Å². The molecule has 0 saturated heterocycles. The van der Waals surface area contributed by atoms with Gasteiger partial charge in [0.05, 0.1) is 11.8 Å². The predicted molar refractivity (Wildman–Crippen MR) is 76.5 cm³/mol. The molecule has 0 aliphatic carbocycles. The largest absolute Gasteiger partial charge is 0.478 e. The van der Waals surface area contributed by atoms with E-state index in [1.54, 1.807) is 18.4 Å². The molecule has 1 N–H and O–H groups in total. The maximum Gasteiger partial charge on any atom is 0.335 e. The van der Waals surface area contributed by atoms with Crippen molar-refractivity contribution in [2.75, 3.05) is 0 Å². The third-order valence-electron chi connectivity index (χ3n) is 2.88. The summed E-state index contributed by atoms with van der Waals surface area (Å²) in [5.41, 5.74) is 0.271. The van der Waals surface area contributed by atoms with Crippen molar-refractivity contribution < 1.29 is 14.6 Å². The molecule has 0 aliphatic heterocycles. The van der Waals surface area contributed by atoms with Crippen LogP contribution in [0.25, 0.3) is 0 Å². The molecule has 0 unspecified atom stereocenters. The Labute approximate surface area is 114 Å². The number of carboxylic acids is 1. The Morgan fingerprint density at radius 1 is 1.16 bits per heavy atom. The van der Waals surface area contributed by atoms with Crippen molar-refractivity contribution >= 4 is 5.97 Å². The van der Waals surface area contributed by atoms with Gasteiger partial charge >= 0.3 is 5.97 Å². The number of carboxylic acid groups (broad SMARTS) is 1. The highest BCUT2D eigenvalue weighted by Crippen LogP contribution is 2.13. The molecular formula is C16H22O3. The van der Waals surface area contributed by atoms with Gasteiger partial charge in [0, 0.05) is 0 Å². The van der Waals surface area contributed by atoms with Gasteiger partial charge in [-0.15, -0.1) is 0 Å². The minimum Gasteiger partial charge on any atom is -0.478 e. The topological polar surface area (TPSA) is 46.5 Å². The van der Waals surface area contributed by atoms with Gasteiger partial charge in [-0.1, -0.05) is 32.6 Å². The first-order valence-electron chi connectivity index (χ1n) is 6.89. The maximum absolute atomic E-state index is 10.7. The van der Waals surface area contributed by atoms with Crippen molar-refractivity contribution in [1.29, 1.82) is 0 Å². The van der Waals surface area contributed by atoms with E-state index in [-0.39, 0.29) is 5.56 Å². The van der Waals surface area contributed by atoms with Crippen LogP contribution >= 0.6 is 0 Å². The van der Waals surface area contributed by atoms with Crippen LogP contribution in [0.1, 0.15) is 55.8 Å². The van der Waals surface area contributed by atoms with Crippen LogP contribution in [0.15, 0.2) is 36.6 Å². The second-order valence-corrected chi connectivity index (χ2v) is 4.52. The Morgan fingerprint density at radius 2 is 1.84 bits per heavy atom. The lowest BCUT2D eigenvalue weighted by molar-refractivity contribution is 0.0697. The first-order chi connectivity index (χ1) is 9.24. The third kappa shape index (κ3) is 6.65. The molecule has 0 fully saturated rings. The minimum absolute atomic E-state index is 0.271. The van der Waals surface area contributed by atoms with Crippen LogP contribution in [0.4, 0.5) is 0 Å². The Bertz CT molecular complexity index is 393. The Balaban J connectivity index is 2.19. The number of hydrogen-bond donors (Lipinski definition) is 1. The zero-order chi connectivity index (χ0) is 13.9. The van der Waals surface area contributed by atoms with Gasteiger partial charge in [-0.3, -0.25) is 0 Å². The van der Waals surface area contributed by atoms with Gasteiger partial charge in [0.2, 0.25) is 0 Å². The summed E-state index contributed by atoms with van der Waals surface area (Å²) < 4.78 is 5.39. The van der Waals surface area contributed by atoms with E-state index >= 15 is 0 Å². The molecule has 1 aromatic carbocycles. The van der Waals surface area contributed by atoms with Crippen LogP contribution < -0.4 is 4.74 Å². The van der Waals surface area contributed by atoms with Gasteiger partial charge in [-0.25, -0.2) is 4.79 Å². The second kappa shape index (κ2) is 9.20. The van der Waals surface area contributed by atoms with Crippen molar-refractivity contribution in [3.8, 4) is 5.75 Å². The third-order valence-corrected chi connectivity index (χ3v) is 2.88. The van der Waals surface area contributed by atoms with Crippen molar-refractivity contribution in [1.82, 2.24) is 0 Å². The van der Waals surface area contributed by atoms with Crippen molar-refractivity contribution in [2.45, 2.75) is 45.4 Å². The fourth-order valence-corrected chi connectivity index (χ4v) is 1.74. The van der Waals surface area contributed by atoms with Crippen LogP contribution in [-0.4, -0.2) is 11.1 Å². The first-order valence-corrected chi connectivity index (χ1v) is 6.89. The molecule has 0 radical (unpaired) electrons. The van der Waals surface area contributed by atoms with E-state index in [2.05, 4.69) is 6.92 Å². The Kier molecular flexibility index (Phi) is 7.40. The number of hydrogen-bond acceptors (Lipinski definition) is 2. The molecule has 1 aromatic rings. The summed E-state index contributed by atoms with van der Waals surface area (Å²) in [5.74, 6) is -0.263. The molecule has 0 aromatic heterocycles. The molecule has 3 nitrogen and oxygen atoms in total. The van der Waals surface area contributed by atoms with Crippen LogP contribution in [0.2, 0.25) is 0 Å². The fraction of sp³-hybridized carbons (Fsp3) is 0.438. The number of rotatable bonds is 9. The van der Waals surface area contributed by atoms with Gasteiger partial charge in [-0.05, 0) is 43.2 Å². The van der Waals surface area contributed by atoms with Gasteiger partial charge in [0.15, 0.2) is 0 Å². The lowest BCUT2D eigenvalue weighted by atomic mass is 10.1. The summed E-state index contributed by atoms with van der Waals surface area (Å²) in [7, 11) is 0. The molecule has 19 heavy (non-hydrogen) atoms. The zero-order valence-electron chi connectivity index (χ0n) is 11.5. The van der Waals surface area contributed by atoms with Crippen LogP contribution in [0.3, 0.4) is 0 Å². The summed E-state index contributed by atoms with van der Waals surface area (Å²) in [4.78, 5) is 10.7. The van der Waals surface area contributed by atoms with E-state index in [0.29, 0.717) is 5.75 Å². The van der Waals surface area contributed by atoms with Gasteiger partial charge < -0.3 is 9.84 Å². The number of unbranched alkanes of at least 4 members (excludes halogenated alkanes) is 5. The summed E-state index contributed by atoms with van der Waals surface area (Å²) in [6, 6.07) is 6.40. The molecule has 104 valence electrons. The smallest absolute Gasteiger partial charge is 0.335 e. The molecule has 0 atom stereocenters. The number of benzene rings is 1. The lowest BCUT2D eigenvalue weighted by Gasteiger charge is -2.00. The molecule has 0 aliphatic rings. The summed E-state index contributed by atoms with van der Waals surface area (Å²) in [6.45, 7) is 2.21. The molecular weight excluding hydrogens is 240 g/mol. The average Bonchev–Trinajstić information content (AvgIpc) is 2.42. The monoisotopic (exact) mass is 262 g/mol. The van der Waals surface area contributed by atoms with Crippen LogP contribution in [-0.2, 0) is 0 Å². The van der Waals surface area contributed by atoms with E-state index in [1.807, 2.05) is 6.08 Å². The van der Waals surface area contributed by atoms with Crippen molar-refractivity contribution in [2.24, 2.45) is 0 Å². The van der Waals surface area contributed by atoms with E-state index in [9.17, 15) is 4.79 Å². The van der Waals surface area contributed by atoms with Gasteiger partial charge in [-0.2, -0.15) is 0 Å². The summed E-state index contributed by atoms with van der Waals surface area (Å²) in [5, 5.41) is 8.76. The van der Waals surface area contributed by atoms with Gasteiger partial charge in [0.25, 0.3) is 0 Å². The standard InChI is InChI=1S/C16H22O3/c1-2-3-4-5-6-7-8-13-19-15-11-9-14(10-12-15)16(17)18/h8-13H,2-7H2,1H3,(H,17,18)/b13-8+. The molecule has 1 rings (SSSR count). The minimum atomic E-state index is -0.922. The number of ether oxygens (including phenoxy) is 1. The highest BCUT2D eigenvalue weighted by molar-refractivity contribution is 5.87. The second-order valence-electron chi connectivity index (χ2n) is 4.52. The van der Waals surface area contributed by atoms with Crippen LogP contribution in [0.5, 0.6) is 5.75 Å². The molecule has 3 heteroatoms. The lowest BCUT2D eigenvalue weighted by Crippen LogP contribution is -1.95. The van der Waals surface area contributed by atoms with Gasteiger partial charge in [0.1, 0.15) is 5.75 Å². The van der Waals surface area contributed by atoms with E-state index in [0.717, 1.165) is 6.42 Å². The van der Waals surface area contributed by atoms with Crippen LogP contribution in [0, 0.1) is 0 Å². The quantitative estimate of drug-likeness (QED) is 0.521. The van der Waals surface area contributed by atoms with E-state index in [4.69, 9.17) is 9.84 Å². The summed E-state index contributed by atoms with van der Waals surface area (Å²) >= 11 is 0. The Morgan fingerprint density at radius 3 is 2.47 bits per heavy atom. The SMILES string of the molecule is CCCCCCC/C=C/Oc1ccc(C(=O)O)cc1. The molecule has 0 saturated carbocycles.